The van der Waals surface area contributed by atoms with E-state index in [1.807, 2.05) is 39.5 Å². The van der Waals surface area contributed by atoms with Crippen LogP contribution in [0.4, 0.5) is 5.82 Å². The van der Waals surface area contributed by atoms with E-state index < -0.39 is 0 Å². The predicted molar refractivity (Wildman–Crippen MR) is 114 cm³/mol. The Morgan fingerprint density at radius 1 is 1.25 bits per heavy atom. The van der Waals surface area contributed by atoms with Crippen molar-refractivity contribution in [3.05, 3.63) is 11.2 Å². The number of halogens is 1. The number of piperazine rings is 1. The maximum absolute atomic E-state index is 12.4. The van der Waals surface area contributed by atoms with Gasteiger partial charge in [0, 0.05) is 43.7 Å². The van der Waals surface area contributed by atoms with Crippen LogP contribution in [0.25, 0.3) is 0 Å². The van der Waals surface area contributed by atoms with Gasteiger partial charge in [0.1, 0.15) is 11.0 Å². The summed E-state index contributed by atoms with van der Waals surface area (Å²) in [7, 11) is 0. The molecule has 0 spiro atoms. The third-order valence-corrected chi connectivity index (χ3v) is 5.59. The first-order valence-corrected chi connectivity index (χ1v) is 11.0. The summed E-state index contributed by atoms with van der Waals surface area (Å²) in [6.07, 6.45) is 0.887. The average Bonchev–Trinajstić information content (AvgIpc) is 2.64. The number of amides is 2. The van der Waals surface area contributed by atoms with Crippen LogP contribution in [0.5, 0.6) is 0 Å². The third kappa shape index (κ3) is 6.51. The zero-order chi connectivity index (χ0) is 20.9. The fourth-order valence-corrected chi connectivity index (χ4v) is 3.67. The predicted octanol–water partition coefficient (Wildman–Crippen LogP) is 2.83. The average molecular weight is 428 g/mol. The van der Waals surface area contributed by atoms with Gasteiger partial charge in [0.2, 0.25) is 11.8 Å². The molecule has 0 radical (unpaired) electrons. The van der Waals surface area contributed by atoms with Crippen LogP contribution < -0.4 is 10.2 Å². The Bertz CT molecular complexity index is 702. The largest absolute Gasteiger partial charge is 0.353 e. The molecule has 2 rings (SSSR count). The summed E-state index contributed by atoms with van der Waals surface area (Å²) in [5, 5.41) is 3.76. The summed E-state index contributed by atoms with van der Waals surface area (Å²) >= 11 is 7.45. The number of thioether (sulfide) groups is 1. The fraction of sp³-hybridized carbons (Fsp3) is 0.684. The summed E-state index contributed by atoms with van der Waals surface area (Å²) in [4.78, 5) is 37.2. The second-order valence-corrected chi connectivity index (χ2v) is 9.36. The van der Waals surface area contributed by atoms with Gasteiger partial charge in [-0.2, -0.15) is 0 Å². The highest BCUT2D eigenvalue weighted by Gasteiger charge is 2.30. The Kier molecular flexibility index (Phi) is 7.95. The smallest absolute Gasteiger partial charge is 0.230 e. The minimum Gasteiger partial charge on any atom is -0.353 e. The summed E-state index contributed by atoms with van der Waals surface area (Å²) < 4.78 is 0. The van der Waals surface area contributed by atoms with Crippen molar-refractivity contribution in [2.24, 2.45) is 5.41 Å². The first kappa shape index (κ1) is 22.7. The highest BCUT2D eigenvalue weighted by atomic mass is 35.5. The van der Waals surface area contributed by atoms with Crippen LogP contribution in [0.1, 0.15) is 41.0 Å². The van der Waals surface area contributed by atoms with Gasteiger partial charge in [0.05, 0.1) is 5.75 Å². The maximum Gasteiger partial charge on any atom is 0.230 e. The molecule has 7 nitrogen and oxygen atoms in total. The van der Waals surface area contributed by atoms with Crippen molar-refractivity contribution >= 4 is 41.0 Å². The molecule has 1 fully saturated rings. The zero-order valence-electron chi connectivity index (χ0n) is 17.3. The van der Waals surface area contributed by atoms with Gasteiger partial charge in [-0.15, -0.1) is 0 Å². The van der Waals surface area contributed by atoms with Crippen molar-refractivity contribution in [3.63, 3.8) is 0 Å². The van der Waals surface area contributed by atoms with E-state index in [4.69, 9.17) is 11.6 Å². The second-order valence-electron chi connectivity index (χ2n) is 8.03. The van der Waals surface area contributed by atoms with E-state index in [2.05, 4.69) is 20.2 Å². The van der Waals surface area contributed by atoms with Gasteiger partial charge in [-0.3, -0.25) is 9.59 Å². The molecular formula is C19H30ClN5O2S. The molecule has 1 aliphatic rings. The number of nitrogens with zero attached hydrogens (tertiary/aromatic N) is 4. The lowest BCUT2D eigenvalue weighted by Gasteiger charge is -2.38. The molecular weight excluding hydrogens is 398 g/mol. The monoisotopic (exact) mass is 427 g/mol. The van der Waals surface area contributed by atoms with Gasteiger partial charge in [0.15, 0.2) is 5.16 Å². The summed E-state index contributed by atoms with van der Waals surface area (Å²) in [5.41, 5.74) is -0.375. The molecule has 0 aromatic carbocycles. The van der Waals surface area contributed by atoms with E-state index in [0.717, 1.165) is 12.2 Å². The summed E-state index contributed by atoms with van der Waals surface area (Å²) in [6, 6.07) is 1.88. The fourth-order valence-electron chi connectivity index (χ4n) is 2.77. The minimum atomic E-state index is -0.375. The normalized spacial score (nSPS) is 16.1. The molecule has 28 heavy (non-hydrogen) atoms. The number of anilines is 1. The first-order valence-electron chi connectivity index (χ1n) is 9.61. The van der Waals surface area contributed by atoms with Crippen molar-refractivity contribution < 1.29 is 9.59 Å². The summed E-state index contributed by atoms with van der Waals surface area (Å²) in [6.45, 7) is 12.5. The van der Waals surface area contributed by atoms with Crippen LogP contribution in [0, 0.1) is 5.41 Å². The van der Waals surface area contributed by atoms with Gasteiger partial charge < -0.3 is 15.1 Å². The highest BCUT2D eigenvalue weighted by molar-refractivity contribution is 7.99. The second kappa shape index (κ2) is 9.78. The van der Waals surface area contributed by atoms with E-state index in [1.165, 1.54) is 11.8 Å². The molecule has 1 aromatic heterocycles. The van der Waals surface area contributed by atoms with Gasteiger partial charge in [-0.25, -0.2) is 9.97 Å². The number of hydrogen-bond donors (Lipinski definition) is 1. The quantitative estimate of drug-likeness (QED) is 0.427. The van der Waals surface area contributed by atoms with Crippen LogP contribution in [-0.4, -0.2) is 64.7 Å². The number of nitrogens with one attached hydrogen (secondary N) is 1. The number of rotatable bonds is 6. The molecule has 0 bridgehead atoms. The molecule has 1 unspecified atom stereocenters. The van der Waals surface area contributed by atoms with Crippen LogP contribution in [0.15, 0.2) is 11.2 Å². The number of carbonyl (C=O) groups is 2. The topological polar surface area (TPSA) is 78.4 Å². The van der Waals surface area contributed by atoms with Crippen LogP contribution in [0.2, 0.25) is 5.15 Å². The number of aromatic nitrogens is 2. The SMILES string of the molecule is CCC(C)NC(=O)CSc1nc(Cl)cc(N2CCN(C(=O)C(C)(C)C)CC2)n1. The lowest BCUT2D eigenvalue weighted by molar-refractivity contribution is -0.139. The Labute approximate surface area is 176 Å². The Morgan fingerprint density at radius 3 is 2.46 bits per heavy atom. The third-order valence-electron chi connectivity index (χ3n) is 4.55. The van der Waals surface area contributed by atoms with Crippen molar-refractivity contribution in [3.8, 4) is 0 Å². The standard InChI is InChI=1S/C19H30ClN5O2S/c1-6-13(2)21-16(26)12-28-18-22-14(20)11-15(23-18)24-7-9-25(10-8-24)17(27)19(3,4)5/h11,13H,6-10,12H2,1-5H3,(H,21,26). The first-order chi connectivity index (χ1) is 13.1. The van der Waals surface area contributed by atoms with Crippen molar-refractivity contribution in [1.29, 1.82) is 0 Å². The van der Waals surface area contributed by atoms with Gasteiger partial charge >= 0.3 is 0 Å². The molecule has 0 saturated carbocycles. The molecule has 9 heteroatoms. The minimum absolute atomic E-state index is 0.0428. The van der Waals surface area contributed by atoms with E-state index in [1.54, 1.807) is 6.07 Å². The molecule has 1 N–H and O–H groups in total. The molecule has 156 valence electrons. The van der Waals surface area contributed by atoms with E-state index in [-0.39, 0.29) is 29.0 Å². The molecule has 1 saturated heterocycles. The molecule has 2 heterocycles. The molecule has 2 amide bonds. The molecule has 1 atom stereocenters. The van der Waals surface area contributed by atoms with Crippen LogP contribution in [0.3, 0.4) is 0 Å². The van der Waals surface area contributed by atoms with Crippen molar-refractivity contribution in [1.82, 2.24) is 20.2 Å². The van der Waals surface area contributed by atoms with Crippen LogP contribution in [-0.2, 0) is 9.59 Å². The van der Waals surface area contributed by atoms with Gasteiger partial charge in [-0.1, -0.05) is 51.1 Å². The summed E-state index contributed by atoms with van der Waals surface area (Å²) in [5.74, 6) is 1.10. The Hall–Kier alpha value is -1.54. The van der Waals surface area contributed by atoms with Gasteiger partial charge in [-0.05, 0) is 13.3 Å². The molecule has 1 aliphatic heterocycles. The van der Waals surface area contributed by atoms with Crippen LogP contribution >= 0.6 is 23.4 Å². The molecule has 0 aliphatic carbocycles. The maximum atomic E-state index is 12.4. The van der Waals surface area contributed by atoms with E-state index >= 15 is 0 Å². The lowest BCUT2D eigenvalue weighted by Crippen LogP contribution is -2.51. The Balaban J connectivity index is 1.96. The van der Waals surface area contributed by atoms with E-state index in [9.17, 15) is 9.59 Å². The van der Waals surface area contributed by atoms with Crippen molar-refractivity contribution in [2.75, 3.05) is 36.8 Å². The van der Waals surface area contributed by atoms with E-state index in [0.29, 0.717) is 36.5 Å². The lowest BCUT2D eigenvalue weighted by atomic mass is 9.94. The van der Waals surface area contributed by atoms with Gasteiger partial charge in [0.25, 0.3) is 0 Å². The number of carbonyl (C=O) groups excluding carboxylic acids is 2. The number of hydrogen-bond acceptors (Lipinski definition) is 6. The Morgan fingerprint density at radius 2 is 1.89 bits per heavy atom. The zero-order valence-corrected chi connectivity index (χ0v) is 18.9. The molecule has 1 aromatic rings. The highest BCUT2D eigenvalue weighted by Crippen LogP contribution is 2.24. The van der Waals surface area contributed by atoms with Crippen molar-refractivity contribution in [2.45, 2.75) is 52.2 Å².